The van der Waals surface area contributed by atoms with Gasteiger partial charge in [-0.25, -0.2) is 4.98 Å². The average molecular weight is 473 g/mol. The van der Waals surface area contributed by atoms with Crippen molar-refractivity contribution in [2.45, 2.75) is 13.3 Å². The van der Waals surface area contributed by atoms with E-state index in [2.05, 4.69) is 25.9 Å². The fourth-order valence-corrected chi connectivity index (χ4v) is 3.34. The quantitative estimate of drug-likeness (QED) is 0.444. The van der Waals surface area contributed by atoms with Gasteiger partial charge >= 0.3 is 0 Å². The zero-order valence-corrected chi connectivity index (χ0v) is 18.0. The van der Waals surface area contributed by atoms with E-state index in [-0.39, 0.29) is 11.5 Å². The third kappa shape index (κ3) is 4.58. The molecule has 2 aromatic heterocycles. The number of aryl methyl sites for hydroxylation is 1. The molecule has 0 aliphatic rings. The van der Waals surface area contributed by atoms with Crippen molar-refractivity contribution in [2.75, 3.05) is 11.5 Å². The van der Waals surface area contributed by atoms with Gasteiger partial charge in [0.2, 0.25) is 5.95 Å². The van der Waals surface area contributed by atoms with Crippen LogP contribution in [-0.2, 0) is 6.42 Å². The fraction of sp³-hybridized carbons (Fsp3) is 0.0952. The van der Waals surface area contributed by atoms with Crippen molar-refractivity contribution in [2.24, 2.45) is 0 Å². The van der Waals surface area contributed by atoms with Gasteiger partial charge in [-0.1, -0.05) is 48.9 Å². The Morgan fingerprint density at radius 1 is 1.10 bits per heavy atom. The molecule has 148 valence electrons. The van der Waals surface area contributed by atoms with E-state index in [1.807, 2.05) is 55.5 Å². The lowest BCUT2D eigenvalue weighted by Gasteiger charge is -2.14. The summed E-state index contributed by atoms with van der Waals surface area (Å²) in [6.45, 7) is 2.05. The highest BCUT2D eigenvalue weighted by molar-refractivity contribution is 9.10. The number of nitrogens with two attached hydrogens (primary N) is 2. The molecule has 0 radical (unpaired) electrons. The van der Waals surface area contributed by atoms with E-state index < -0.39 is 0 Å². The second-order valence-corrected chi connectivity index (χ2v) is 7.39. The highest BCUT2D eigenvalue weighted by atomic mass is 79.9. The first-order valence-electron chi connectivity index (χ1n) is 8.84. The summed E-state index contributed by atoms with van der Waals surface area (Å²) in [4.78, 5) is 20.2. The molecule has 4 rings (SSSR count). The molecule has 0 spiro atoms. The molecule has 0 unspecified atom stereocenters. The van der Waals surface area contributed by atoms with Gasteiger partial charge in [0.05, 0.1) is 14.9 Å². The number of anilines is 2. The summed E-state index contributed by atoms with van der Waals surface area (Å²) >= 11 is 9.33. The lowest BCUT2D eigenvalue weighted by Crippen LogP contribution is -2.22. The maximum absolute atomic E-state index is 12.8. The number of hydrogen-bond donors (Lipinski definition) is 2. The molecular weight excluding hydrogens is 454 g/mol. The van der Waals surface area contributed by atoms with Crippen LogP contribution in [0.1, 0.15) is 12.6 Å². The van der Waals surface area contributed by atoms with Crippen LogP contribution >= 0.6 is 27.5 Å². The molecule has 2 aromatic carbocycles. The van der Waals surface area contributed by atoms with Crippen LogP contribution in [0.3, 0.4) is 0 Å². The largest absolute Gasteiger partial charge is 0.383 e. The van der Waals surface area contributed by atoms with E-state index in [4.69, 9.17) is 23.1 Å². The number of nitrogens with zero attached hydrogens (tertiary/aromatic N) is 3. The average Bonchev–Trinajstić information content (AvgIpc) is 2.72. The van der Waals surface area contributed by atoms with E-state index in [1.165, 1.54) is 6.20 Å². The number of hydrogen-bond acceptors (Lipinski definition) is 5. The summed E-state index contributed by atoms with van der Waals surface area (Å²) in [6, 6.07) is 17.3. The van der Waals surface area contributed by atoms with Gasteiger partial charge in [0, 0.05) is 17.6 Å². The predicted molar refractivity (Wildman–Crippen MR) is 122 cm³/mol. The Morgan fingerprint density at radius 2 is 1.83 bits per heavy atom. The number of para-hydroxylation sites is 1. The highest BCUT2D eigenvalue weighted by Gasteiger charge is 2.11. The van der Waals surface area contributed by atoms with Gasteiger partial charge < -0.3 is 11.5 Å². The fourth-order valence-electron chi connectivity index (χ4n) is 2.89. The van der Waals surface area contributed by atoms with Crippen LogP contribution in [0.4, 0.5) is 11.8 Å². The van der Waals surface area contributed by atoms with Crippen LogP contribution < -0.4 is 17.0 Å². The molecule has 6 nitrogen and oxygen atoms in total. The number of halogens is 2. The van der Waals surface area contributed by atoms with E-state index in [0.29, 0.717) is 20.7 Å². The highest BCUT2D eigenvalue weighted by Crippen LogP contribution is 2.22. The van der Waals surface area contributed by atoms with Gasteiger partial charge in [0.1, 0.15) is 5.82 Å². The topological polar surface area (TPSA) is 99.8 Å². The first kappa shape index (κ1) is 20.8. The van der Waals surface area contributed by atoms with E-state index in [0.717, 1.165) is 23.2 Å². The van der Waals surface area contributed by atoms with Crippen molar-refractivity contribution in [1.82, 2.24) is 14.5 Å². The van der Waals surface area contributed by atoms with E-state index in [1.54, 1.807) is 10.6 Å². The Kier molecular flexibility index (Phi) is 6.51. The van der Waals surface area contributed by atoms with Crippen molar-refractivity contribution in [1.29, 1.82) is 0 Å². The minimum Gasteiger partial charge on any atom is -0.383 e. The summed E-state index contributed by atoms with van der Waals surface area (Å²) in [5.74, 6) is 0.554. The predicted octanol–water partition coefficient (Wildman–Crippen LogP) is 4.61. The second-order valence-electron chi connectivity index (χ2n) is 6.13. The molecule has 2 heterocycles. The Morgan fingerprint density at radius 3 is 2.45 bits per heavy atom. The normalized spacial score (nSPS) is 10.4. The molecule has 0 aliphatic carbocycles. The second kappa shape index (κ2) is 9.07. The Hall–Kier alpha value is -2.90. The lowest BCUT2D eigenvalue weighted by molar-refractivity contribution is 0.889. The minimum absolute atomic E-state index is 0.0591. The van der Waals surface area contributed by atoms with Gasteiger partial charge in [-0.15, -0.1) is 0 Å². The summed E-state index contributed by atoms with van der Waals surface area (Å²) in [5.41, 5.74) is 12.3. The number of pyridine rings is 1. The standard InChI is InChI=1S/C17H14ClNO.C4H5BrN4/c1-2-13-11-12-7-6-10-15(18)16(12)17(20)19(13)14-8-4-3-5-9-14;5-2-1-8-4(7)9-3(2)6/h3-11H,2H2,1H3;1H,(H4,6,7,8,9). The van der Waals surface area contributed by atoms with Crippen molar-refractivity contribution in [3.63, 3.8) is 0 Å². The van der Waals surface area contributed by atoms with Crippen molar-refractivity contribution in [3.05, 3.63) is 86.3 Å². The first-order chi connectivity index (χ1) is 13.9. The maximum atomic E-state index is 12.8. The lowest BCUT2D eigenvalue weighted by atomic mass is 10.1. The molecule has 4 N–H and O–H groups in total. The maximum Gasteiger partial charge on any atom is 0.264 e. The molecule has 0 saturated heterocycles. The van der Waals surface area contributed by atoms with Crippen molar-refractivity contribution < 1.29 is 0 Å². The molecule has 0 atom stereocenters. The van der Waals surface area contributed by atoms with Crippen LogP contribution in [0.25, 0.3) is 16.5 Å². The van der Waals surface area contributed by atoms with Gasteiger partial charge in [0.25, 0.3) is 5.56 Å². The van der Waals surface area contributed by atoms with Gasteiger partial charge in [-0.05, 0) is 52.0 Å². The monoisotopic (exact) mass is 471 g/mol. The van der Waals surface area contributed by atoms with Gasteiger partial charge in [-0.3, -0.25) is 9.36 Å². The number of rotatable bonds is 2. The molecule has 0 fully saturated rings. The Labute approximate surface area is 181 Å². The van der Waals surface area contributed by atoms with E-state index in [9.17, 15) is 4.79 Å². The van der Waals surface area contributed by atoms with Crippen LogP contribution in [-0.4, -0.2) is 14.5 Å². The van der Waals surface area contributed by atoms with Crippen LogP contribution in [0.15, 0.2) is 70.1 Å². The number of fused-ring (bicyclic) bond motifs is 1. The summed E-state index contributed by atoms with van der Waals surface area (Å²) in [7, 11) is 0. The third-order valence-corrected chi connectivity index (χ3v) is 5.16. The number of nitrogen functional groups attached to an aromatic ring is 2. The molecule has 0 amide bonds. The van der Waals surface area contributed by atoms with Crippen molar-refractivity contribution in [3.8, 4) is 5.69 Å². The zero-order valence-electron chi connectivity index (χ0n) is 15.6. The molecular formula is C21H19BrClN5O. The van der Waals surface area contributed by atoms with Crippen LogP contribution in [0, 0.1) is 0 Å². The Balaban J connectivity index is 0.000000224. The summed E-state index contributed by atoms with van der Waals surface area (Å²) in [5, 5.41) is 1.97. The minimum atomic E-state index is -0.0591. The van der Waals surface area contributed by atoms with E-state index >= 15 is 0 Å². The smallest absolute Gasteiger partial charge is 0.264 e. The third-order valence-electron chi connectivity index (χ3n) is 4.24. The van der Waals surface area contributed by atoms with Gasteiger partial charge in [-0.2, -0.15) is 4.98 Å². The number of benzene rings is 2. The molecule has 4 aromatic rings. The Bertz CT molecular complexity index is 1210. The van der Waals surface area contributed by atoms with Gasteiger partial charge in [0.15, 0.2) is 0 Å². The molecule has 8 heteroatoms. The summed E-state index contributed by atoms with van der Waals surface area (Å²) in [6.07, 6.45) is 2.30. The number of aromatic nitrogens is 3. The first-order valence-corrected chi connectivity index (χ1v) is 10.0. The molecule has 0 aliphatic heterocycles. The molecule has 0 saturated carbocycles. The van der Waals surface area contributed by atoms with Crippen molar-refractivity contribution >= 4 is 50.1 Å². The summed E-state index contributed by atoms with van der Waals surface area (Å²) < 4.78 is 2.41. The zero-order chi connectivity index (χ0) is 21.0. The molecule has 0 bridgehead atoms. The van der Waals surface area contributed by atoms with Crippen LogP contribution in [0.2, 0.25) is 5.02 Å². The van der Waals surface area contributed by atoms with Crippen LogP contribution in [0.5, 0.6) is 0 Å². The molecule has 29 heavy (non-hydrogen) atoms. The SMILES string of the molecule is CCc1cc2cccc(Cl)c2c(=O)n1-c1ccccc1.Nc1ncc(Br)c(N)n1.